The molecule has 0 bridgehead atoms. The Balaban J connectivity index is 2.16. The number of hydrogen-bond donors (Lipinski definition) is 3. The summed E-state index contributed by atoms with van der Waals surface area (Å²) in [6.45, 7) is 3.51. The number of amides is 2. The van der Waals surface area contributed by atoms with E-state index in [4.69, 9.17) is 0 Å². The summed E-state index contributed by atoms with van der Waals surface area (Å²) < 4.78 is 0. The minimum atomic E-state index is -0.857. The summed E-state index contributed by atoms with van der Waals surface area (Å²) in [7, 11) is 0. The fourth-order valence-electron chi connectivity index (χ4n) is 1.95. The average Bonchev–Trinajstić information content (AvgIpc) is 2.48. The maximum absolute atomic E-state index is 11.5. The molecule has 0 saturated heterocycles. The maximum atomic E-state index is 11.5. The molecule has 0 aliphatic carbocycles. The quantitative estimate of drug-likeness (QED) is 0.456. The van der Waals surface area contributed by atoms with Crippen LogP contribution in [-0.2, 0) is 9.59 Å². The molecule has 2 aromatic carbocycles. The zero-order valence-corrected chi connectivity index (χ0v) is 12.3. The first-order valence-electron chi connectivity index (χ1n) is 6.83. The number of carbonyl (C=O) groups is 2. The fourth-order valence-corrected chi connectivity index (χ4v) is 1.95. The molecule has 2 rings (SSSR count). The maximum Gasteiger partial charge on any atom is 0.329 e. The second kappa shape index (κ2) is 6.71. The summed E-state index contributed by atoms with van der Waals surface area (Å²) in [6.07, 6.45) is 1.32. The van der Waals surface area contributed by atoms with E-state index in [-0.39, 0.29) is 11.8 Å². The third kappa shape index (κ3) is 3.60. The zero-order chi connectivity index (χ0) is 16.1. The van der Waals surface area contributed by atoms with Crippen LogP contribution in [0.5, 0.6) is 5.75 Å². The van der Waals surface area contributed by atoms with E-state index in [0.29, 0.717) is 5.56 Å². The molecule has 3 N–H and O–H groups in total. The van der Waals surface area contributed by atoms with Gasteiger partial charge in [-0.25, -0.2) is 5.43 Å². The van der Waals surface area contributed by atoms with Gasteiger partial charge in [-0.2, -0.15) is 5.10 Å². The van der Waals surface area contributed by atoms with Crippen LogP contribution < -0.4 is 10.7 Å². The highest BCUT2D eigenvalue weighted by Crippen LogP contribution is 2.25. The fraction of sp³-hybridized carbons (Fsp3) is 0.188. The number of carbonyl (C=O) groups excluding carboxylic acids is 2. The van der Waals surface area contributed by atoms with Crippen molar-refractivity contribution in [2.75, 3.05) is 0 Å². The zero-order valence-electron chi connectivity index (χ0n) is 12.3. The molecular formula is C16H17N3O3. The first-order chi connectivity index (χ1) is 10.5. The second-order valence-electron chi connectivity index (χ2n) is 5.05. The van der Waals surface area contributed by atoms with Crippen molar-refractivity contribution < 1.29 is 14.7 Å². The molecule has 6 nitrogen and oxygen atoms in total. The molecule has 114 valence electrons. The molecule has 22 heavy (non-hydrogen) atoms. The number of nitrogens with one attached hydrogen (secondary N) is 2. The molecular weight excluding hydrogens is 282 g/mol. The third-order valence-electron chi connectivity index (χ3n) is 2.93. The molecule has 6 heteroatoms. The molecule has 0 heterocycles. The number of phenols is 1. The van der Waals surface area contributed by atoms with E-state index in [1.807, 2.05) is 24.3 Å². The molecule has 0 atom stereocenters. The standard InChI is InChI=1S/C16H17N3O3/c1-10(2)18-15(21)16(22)19-17-9-13-12-6-4-3-5-11(12)7-8-14(13)20/h3-10,20H,1-2H3,(H,18,21)(H,19,22)/b17-9+. The van der Waals surface area contributed by atoms with Crippen LogP contribution in [0.25, 0.3) is 10.8 Å². The van der Waals surface area contributed by atoms with E-state index in [9.17, 15) is 14.7 Å². The Bertz CT molecular complexity index is 738. The lowest BCUT2D eigenvalue weighted by Crippen LogP contribution is -2.41. The minimum Gasteiger partial charge on any atom is -0.507 e. The van der Waals surface area contributed by atoms with E-state index in [2.05, 4.69) is 15.8 Å². The molecule has 0 saturated carbocycles. The number of hydrazone groups is 1. The van der Waals surface area contributed by atoms with Crippen LogP contribution in [0.2, 0.25) is 0 Å². The van der Waals surface area contributed by atoms with Gasteiger partial charge in [0.2, 0.25) is 0 Å². The molecule has 0 radical (unpaired) electrons. The summed E-state index contributed by atoms with van der Waals surface area (Å²) in [4.78, 5) is 22.9. The Labute approximate surface area is 127 Å². The normalized spacial score (nSPS) is 11.0. The van der Waals surface area contributed by atoms with Crippen molar-refractivity contribution in [2.24, 2.45) is 5.10 Å². The number of aromatic hydroxyl groups is 1. The van der Waals surface area contributed by atoms with Gasteiger partial charge in [0, 0.05) is 11.6 Å². The van der Waals surface area contributed by atoms with Gasteiger partial charge in [0.15, 0.2) is 0 Å². The van der Waals surface area contributed by atoms with Crippen LogP contribution in [0.15, 0.2) is 41.5 Å². The molecule has 0 spiro atoms. The van der Waals surface area contributed by atoms with E-state index in [1.54, 1.807) is 26.0 Å². The van der Waals surface area contributed by atoms with E-state index in [0.717, 1.165) is 10.8 Å². The number of benzene rings is 2. The summed E-state index contributed by atoms with van der Waals surface area (Å²) in [6, 6.07) is 10.7. The average molecular weight is 299 g/mol. The number of rotatable bonds is 3. The predicted molar refractivity (Wildman–Crippen MR) is 84.6 cm³/mol. The lowest BCUT2D eigenvalue weighted by atomic mass is 10.0. The van der Waals surface area contributed by atoms with Gasteiger partial charge in [0.1, 0.15) is 5.75 Å². The summed E-state index contributed by atoms with van der Waals surface area (Å²) >= 11 is 0. The highest BCUT2D eigenvalue weighted by atomic mass is 16.3. The van der Waals surface area contributed by atoms with Gasteiger partial charge in [-0.15, -0.1) is 0 Å². The predicted octanol–water partition coefficient (Wildman–Crippen LogP) is 1.52. The Morgan fingerprint density at radius 3 is 2.59 bits per heavy atom. The second-order valence-corrected chi connectivity index (χ2v) is 5.05. The molecule has 2 aromatic rings. The number of hydrogen-bond acceptors (Lipinski definition) is 4. The molecule has 0 aromatic heterocycles. The third-order valence-corrected chi connectivity index (χ3v) is 2.93. The van der Waals surface area contributed by atoms with Crippen LogP contribution in [0, 0.1) is 0 Å². The largest absolute Gasteiger partial charge is 0.507 e. The molecule has 0 aliphatic rings. The van der Waals surface area contributed by atoms with Gasteiger partial charge < -0.3 is 10.4 Å². The summed E-state index contributed by atoms with van der Waals surface area (Å²) in [5.41, 5.74) is 2.61. The van der Waals surface area contributed by atoms with Crippen LogP contribution in [-0.4, -0.2) is 29.2 Å². The van der Waals surface area contributed by atoms with E-state index >= 15 is 0 Å². The number of fused-ring (bicyclic) bond motifs is 1. The van der Waals surface area contributed by atoms with Crippen molar-refractivity contribution in [2.45, 2.75) is 19.9 Å². The SMILES string of the molecule is CC(C)NC(=O)C(=O)N/N=C/c1c(O)ccc2ccccc12. The van der Waals surface area contributed by atoms with Gasteiger partial charge in [0.25, 0.3) is 0 Å². The van der Waals surface area contributed by atoms with Gasteiger partial charge in [-0.05, 0) is 30.7 Å². The monoisotopic (exact) mass is 299 g/mol. The molecule has 2 amide bonds. The van der Waals surface area contributed by atoms with Gasteiger partial charge in [-0.1, -0.05) is 30.3 Å². The van der Waals surface area contributed by atoms with Crippen molar-refractivity contribution in [3.63, 3.8) is 0 Å². The molecule has 0 aliphatic heterocycles. The lowest BCUT2D eigenvalue weighted by molar-refractivity contribution is -0.139. The number of nitrogens with zero attached hydrogens (tertiary/aromatic N) is 1. The van der Waals surface area contributed by atoms with Crippen LogP contribution >= 0.6 is 0 Å². The van der Waals surface area contributed by atoms with Crippen molar-refractivity contribution in [3.05, 3.63) is 42.0 Å². The van der Waals surface area contributed by atoms with Crippen molar-refractivity contribution in [1.29, 1.82) is 0 Å². The Hall–Kier alpha value is -2.89. The molecule has 0 fully saturated rings. The van der Waals surface area contributed by atoms with Gasteiger partial charge in [0.05, 0.1) is 6.21 Å². The lowest BCUT2D eigenvalue weighted by Gasteiger charge is -2.07. The highest BCUT2D eigenvalue weighted by molar-refractivity contribution is 6.35. The smallest absolute Gasteiger partial charge is 0.329 e. The first kappa shape index (κ1) is 15.5. The van der Waals surface area contributed by atoms with Crippen LogP contribution in [0.4, 0.5) is 0 Å². The first-order valence-corrected chi connectivity index (χ1v) is 6.83. The van der Waals surface area contributed by atoms with Crippen LogP contribution in [0.3, 0.4) is 0 Å². The Morgan fingerprint density at radius 2 is 1.86 bits per heavy atom. The topological polar surface area (TPSA) is 90.8 Å². The van der Waals surface area contributed by atoms with E-state index < -0.39 is 11.8 Å². The molecule has 0 unspecified atom stereocenters. The van der Waals surface area contributed by atoms with Crippen molar-refractivity contribution in [3.8, 4) is 5.75 Å². The van der Waals surface area contributed by atoms with Crippen molar-refractivity contribution in [1.82, 2.24) is 10.7 Å². The Morgan fingerprint density at radius 1 is 1.14 bits per heavy atom. The minimum absolute atomic E-state index is 0.0448. The van der Waals surface area contributed by atoms with Gasteiger partial charge in [-0.3, -0.25) is 9.59 Å². The number of phenolic OH excluding ortho intramolecular Hbond substituents is 1. The van der Waals surface area contributed by atoms with Crippen LogP contribution in [0.1, 0.15) is 19.4 Å². The summed E-state index contributed by atoms with van der Waals surface area (Å²) in [5.74, 6) is -1.57. The van der Waals surface area contributed by atoms with Crippen molar-refractivity contribution >= 4 is 28.8 Å². The Kier molecular flexibility index (Phi) is 4.73. The van der Waals surface area contributed by atoms with Gasteiger partial charge >= 0.3 is 11.8 Å². The van der Waals surface area contributed by atoms with E-state index in [1.165, 1.54) is 6.21 Å². The highest BCUT2D eigenvalue weighted by Gasteiger charge is 2.13. The summed E-state index contributed by atoms with van der Waals surface area (Å²) in [5, 5.41) is 17.8.